The molecule has 0 saturated heterocycles. The SMILES string of the molecule is O=C(NCC1(C2CC2)CC1)c1cccs1. The minimum absolute atomic E-state index is 0.108. The maximum Gasteiger partial charge on any atom is 0.261 e. The second-order valence-corrected chi connectivity index (χ2v) is 5.74. The molecule has 2 aliphatic carbocycles. The van der Waals surface area contributed by atoms with Crippen LogP contribution in [-0.4, -0.2) is 12.5 Å². The summed E-state index contributed by atoms with van der Waals surface area (Å²) in [6.07, 6.45) is 5.41. The molecular weight excluding hydrogens is 206 g/mol. The van der Waals surface area contributed by atoms with Crippen molar-refractivity contribution < 1.29 is 4.79 Å². The summed E-state index contributed by atoms with van der Waals surface area (Å²) in [5.74, 6) is 1.03. The van der Waals surface area contributed by atoms with Gasteiger partial charge in [0.05, 0.1) is 4.88 Å². The molecule has 0 aliphatic heterocycles. The predicted octanol–water partition coefficient (Wildman–Crippen LogP) is 2.67. The molecule has 2 fully saturated rings. The Morgan fingerprint density at radius 3 is 2.87 bits per heavy atom. The lowest BCUT2D eigenvalue weighted by atomic mass is 10.0. The van der Waals surface area contributed by atoms with Gasteiger partial charge in [-0.1, -0.05) is 6.07 Å². The van der Waals surface area contributed by atoms with Gasteiger partial charge in [-0.3, -0.25) is 4.79 Å². The second-order valence-electron chi connectivity index (χ2n) is 4.80. The summed E-state index contributed by atoms with van der Waals surface area (Å²) in [5, 5.41) is 5.03. The molecule has 1 N–H and O–H groups in total. The van der Waals surface area contributed by atoms with E-state index in [-0.39, 0.29) is 5.91 Å². The monoisotopic (exact) mass is 221 g/mol. The first-order valence-corrected chi connectivity index (χ1v) is 6.50. The number of hydrogen-bond donors (Lipinski definition) is 1. The lowest BCUT2D eigenvalue weighted by molar-refractivity contribution is 0.0946. The van der Waals surface area contributed by atoms with E-state index in [4.69, 9.17) is 0 Å². The topological polar surface area (TPSA) is 29.1 Å². The van der Waals surface area contributed by atoms with Gasteiger partial charge in [0.25, 0.3) is 5.91 Å². The molecule has 0 atom stereocenters. The average molecular weight is 221 g/mol. The van der Waals surface area contributed by atoms with Crippen molar-refractivity contribution in [1.82, 2.24) is 5.32 Å². The maximum absolute atomic E-state index is 11.7. The normalized spacial score (nSPS) is 22.4. The van der Waals surface area contributed by atoms with Crippen LogP contribution in [0.15, 0.2) is 17.5 Å². The number of nitrogens with one attached hydrogen (secondary N) is 1. The summed E-state index contributed by atoms with van der Waals surface area (Å²) < 4.78 is 0. The highest BCUT2D eigenvalue weighted by molar-refractivity contribution is 7.12. The number of thiophene rings is 1. The van der Waals surface area contributed by atoms with E-state index in [1.54, 1.807) is 0 Å². The Hall–Kier alpha value is -0.830. The molecular formula is C12H15NOS. The van der Waals surface area contributed by atoms with E-state index < -0.39 is 0 Å². The number of amides is 1. The van der Waals surface area contributed by atoms with E-state index in [0.29, 0.717) is 5.41 Å². The first-order valence-electron chi connectivity index (χ1n) is 5.62. The lowest BCUT2D eigenvalue weighted by Gasteiger charge is -2.14. The number of carbonyl (C=O) groups excluding carboxylic acids is 1. The Morgan fingerprint density at radius 1 is 1.53 bits per heavy atom. The molecule has 1 aromatic rings. The van der Waals surface area contributed by atoms with Crippen molar-refractivity contribution in [2.24, 2.45) is 11.3 Å². The van der Waals surface area contributed by atoms with Gasteiger partial charge in [0.15, 0.2) is 0 Å². The Labute approximate surface area is 93.7 Å². The van der Waals surface area contributed by atoms with Crippen LogP contribution in [-0.2, 0) is 0 Å². The molecule has 0 radical (unpaired) electrons. The quantitative estimate of drug-likeness (QED) is 0.832. The minimum Gasteiger partial charge on any atom is -0.351 e. The molecule has 2 nitrogen and oxygen atoms in total. The smallest absolute Gasteiger partial charge is 0.261 e. The van der Waals surface area contributed by atoms with Crippen molar-refractivity contribution in [1.29, 1.82) is 0 Å². The summed E-state index contributed by atoms with van der Waals surface area (Å²) in [6, 6.07) is 3.81. The van der Waals surface area contributed by atoms with Gasteiger partial charge < -0.3 is 5.32 Å². The Bertz CT molecular complexity index is 363. The molecule has 2 saturated carbocycles. The molecule has 0 spiro atoms. The molecule has 3 heteroatoms. The number of carbonyl (C=O) groups is 1. The average Bonchev–Trinajstić information content (AvgIpc) is 3.14. The molecule has 3 rings (SSSR count). The van der Waals surface area contributed by atoms with Crippen LogP contribution < -0.4 is 5.32 Å². The zero-order chi connectivity index (χ0) is 10.3. The van der Waals surface area contributed by atoms with Gasteiger partial charge >= 0.3 is 0 Å². The zero-order valence-corrected chi connectivity index (χ0v) is 9.48. The molecule has 0 aromatic carbocycles. The number of hydrogen-bond acceptors (Lipinski definition) is 2. The highest BCUT2D eigenvalue weighted by atomic mass is 32.1. The molecule has 2 aliphatic rings. The summed E-state index contributed by atoms with van der Waals surface area (Å²) in [7, 11) is 0. The largest absolute Gasteiger partial charge is 0.351 e. The third kappa shape index (κ3) is 1.81. The zero-order valence-electron chi connectivity index (χ0n) is 8.66. The maximum atomic E-state index is 11.7. The summed E-state index contributed by atoms with van der Waals surface area (Å²) >= 11 is 1.51. The van der Waals surface area contributed by atoms with Crippen LogP contribution in [0.25, 0.3) is 0 Å². The fraction of sp³-hybridized carbons (Fsp3) is 0.583. The van der Waals surface area contributed by atoms with Crippen LogP contribution in [0.3, 0.4) is 0 Å². The molecule has 1 heterocycles. The highest BCUT2D eigenvalue weighted by Gasteiger charge is 2.53. The van der Waals surface area contributed by atoms with E-state index in [0.717, 1.165) is 17.3 Å². The van der Waals surface area contributed by atoms with Crippen molar-refractivity contribution >= 4 is 17.2 Å². The first kappa shape index (κ1) is 9.40. The Kier molecular flexibility index (Phi) is 2.09. The van der Waals surface area contributed by atoms with Crippen molar-refractivity contribution in [3.8, 4) is 0 Å². The van der Waals surface area contributed by atoms with Gasteiger partial charge in [0, 0.05) is 6.54 Å². The molecule has 80 valence electrons. The molecule has 0 bridgehead atoms. The summed E-state index contributed by atoms with van der Waals surface area (Å²) in [5.41, 5.74) is 0.507. The Morgan fingerprint density at radius 2 is 2.33 bits per heavy atom. The summed E-state index contributed by atoms with van der Waals surface area (Å²) in [4.78, 5) is 12.6. The standard InChI is InChI=1S/C12H15NOS/c14-11(10-2-1-7-15-10)13-8-12(5-6-12)9-3-4-9/h1-2,7,9H,3-6,8H2,(H,13,14). The van der Waals surface area contributed by atoms with Gasteiger partial charge in [-0.15, -0.1) is 11.3 Å². The van der Waals surface area contributed by atoms with E-state index in [1.807, 2.05) is 17.5 Å². The van der Waals surface area contributed by atoms with Gasteiger partial charge in [-0.25, -0.2) is 0 Å². The minimum atomic E-state index is 0.108. The number of rotatable bonds is 4. The molecule has 0 unspecified atom stereocenters. The predicted molar refractivity (Wildman–Crippen MR) is 61.0 cm³/mol. The second kappa shape index (κ2) is 3.34. The van der Waals surface area contributed by atoms with Gasteiger partial charge in [0.2, 0.25) is 0 Å². The van der Waals surface area contributed by atoms with Crippen LogP contribution in [0.5, 0.6) is 0 Å². The van der Waals surface area contributed by atoms with E-state index >= 15 is 0 Å². The highest BCUT2D eigenvalue weighted by Crippen LogP contribution is 2.60. The van der Waals surface area contributed by atoms with Gasteiger partial charge in [0.1, 0.15) is 0 Å². The van der Waals surface area contributed by atoms with Gasteiger partial charge in [-0.2, -0.15) is 0 Å². The molecule has 1 aromatic heterocycles. The third-order valence-electron chi connectivity index (χ3n) is 3.68. The fourth-order valence-corrected chi connectivity index (χ4v) is 2.98. The van der Waals surface area contributed by atoms with Gasteiger partial charge in [-0.05, 0) is 48.5 Å². The van der Waals surface area contributed by atoms with E-state index in [1.165, 1.54) is 37.0 Å². The van der Waals surface area contributed by atoms with Crippen molar-refractivity contribution in [2.45, 2.75) is 25.7 Å². The fourth-order valence-electron chi connectivity index (χ4n) is 2.34. The first-order chi connectivity index (χ1) is 7.30. The van der Waals surface area contributed by atoms with Crippen molar-refractivity contribution in [3.05, 3.63) is 22.4 Å². The third-order valence-corrected chi connectivity index (χ3v) is 4.55. The van der Waals surface area contributed by atoms with Crippen LogP contribution in [0, 0.1) is 11.3 Å². The molecule has 1 amide bonds. The Balaban J connectivity index is 1.56. The summed E-state index contributed by atoms with van der Waals surface area (Å²) in [6.45, 7) is 0.897. The van der Waals surface area contributed by atoms with Crippen molar-refractivity contribution in [3.63, 3.8) is 0 Å². The lowest BCUT2D eigenvalue weighted by Crippen LogP contribution is -2.30. The van der Waals surface area contributed by atoms with Crippen LogP contribution in [0.4, 0.5) is 0 Å². The van der Waals surface area contributed by atoms with E-state index in [2.05, 4.69) is 5.32 Å². The van der Waals surface area contributed by atoms with Crippen LogP contribution in [0.2, 0.25) is 0 Å². The van der Waals surface area contributed by atoms with Crippen LogP contribution >= 0.6 is 11.3 Å². The van der Waals surface area contributed by atoms with E-state index in [9.17, 15) is 4.79 Å². The van der Waals surface area contributed by atoms with Crippen molar-refractivity contribution in [2.75, 3.05) is 6.54 Å². The van der Waals surface area contributed by atoms with Crippen LogP contribution in [0.1, 0.15) is 35.4 Å². The molecule has 15 heavy (non-hydrogen) atoms.